The van der Waals surface area contributed by atoms with Crippen LogP contribution in [0.25, 0.3) is 6.08 Å². The second-order valence-corrected chi connectivity index (χ2v) is 3.05. The molecule has 0 saturated carbocycles. The van der Waals surface area contributed by atoms with E-state index in [-0.39, 0.29) is 0 Å². The van der Waals surface area contributed by atoms with Crippen molar-refractivity contribution in [3.8, 4) is 0 Å². The van der Waals surface area contributed by atoms with E-state index in [1.54, 1.807) is 0 Å². The Morgan fingerprint density at radius 1 is 1.42 bits per heavy atom. The lowest BCUT2D eigenvalue weighted by Crippen LogP contribution is -1.80. The Bertz CT molecular complexity index is 263. The van der Waals surface area contributed by atoms with Crippen LogP contribution >= 0.6 is 12.6 Å². The highest BCUT2D eigenvalue weighted by Gasteiger charge is 1.88. The molecule has 0 nitrogen and oxygen atoms in total. The van der Waals surface area contributed by atoms with E-state index in [4.69, 9.17) is 0 Å². The lowest BCUT2D eigenvalue weighted by molar-refractivity contribution is 1.14. The minimum absolute atomic E-state index is 0.802. The monoisotopic (exact) mass is 178 g/mol. The van der Waals surface area contributed by atoms with E-state index in [1.807, 2.05) is 0 Å². The summed E-state index contributed by atoms with van der Waals surface area (Å²) in [5.41, 5.74) is 2.65. The van der Waals surface area contributed by atoms with Crippen LogP contribution in [0.5, 0.6) is 0 Å². The number of thiol groups is 1. The lowest BCUT2D eigenvalue weighted by Gasteiger charge is -1.97. The molecule has 1 aromatic carbocycles. The zero-order valence-electron chi connectivity index (χ0n) is 7.33. The first-order chi connectivity index (χ1) is 5.86. The molecule has 0 fully saturated rings. The van der Waals surface area contributed by atoms with Crippen molar-refractivity contribution in [2.75, 3.05) is 5.75 Å². The maximum Gasteiger partial charge on any atom is 0.00858 e. The number of hydrogen-bond donors (Lipinski definition) is 1. The molecule has 1 rings (SSSR count). The highest BCUT2D eigenvalue weighted by Crippen LogP contribution is 2.07. The van der Waals surface area contributed by atoms with Crippen molar-refractivity contribution in [2.45, 2.75) is 13.3 Å². The number of aryl methyl sites for hydroxylation is 1. The summed E-state index contributed by atoms with van der Waals surface area (Å²) in [7, 11) is 0. The maximum absolute atomic E-state index is 4.11. The third kappa shape index (κ3) is 2.74. The summed E-state index contributed by atoms with van der Waals surface area (Å²) in [6, 6.07) is 8.56. The SMILES string of the molecule is CCc1cccc(C=CCS)c1. The van der Waals surface area contributed by atoms with Crippen LogP contribution in [0.2, 0.25) is 0 Å². The molecule has 0 aromatic heterocycles. The van der Waals surface area contributed by atoms with Gasteiger partial charge in [0.2, 0.25) is 0 Å². The van der Waals surface area contributed by atoms with E-state index in [1.165, 1.54) is 11.1 Å². The first-order valence-electron chi connectivity index (χ1n) is 4.23. The minimum atomic E-state index is 0.802. The van der Waals surface area contributed by atoms with Crippen molar-refractivity contribution in [3.63, 3.8) is 0 Å². The molecule has 1 heteroatoms. The van der Waals surface area contributed by atoms with Crippen LogP contribution in [0, 0.1) is 0 Å². The van der Waals surface area contributed by atoms with Gasteiger partial charge in [-0.25, -0.2) is 0 Å². The first-order valence-corrected chi connectivity index (χ1v) is 4.86. The molecule has 0 bridgehead atoms. The molecule has 0 unspecified atom stereocenters. The summed E-state index contributed by atoms with van der Waals surface area (Å²) in [4.78, 5) is 0. The van der Waals surface area contributed by atoms with Gasteiger partial charge in [0.1, 0.15) is 0 Å². The summed E-state index contributed by atoms with van der Waals surface area (Å²) in [6.07, 6.45) is 5.26. The zero-order valence-corrected chi connectivity index (χ0v) is 8.22. The molecule has 0 amide bonds. The Morgan fingerprint density at radius 2 is 2.25 bits per heavy atom. The van der Waals surface area contributed by atoms with Gasteiger partial charge >= 0.3 is 0 Å². The fourth-order valence-electron chi connectivity index (χ4n) is 1.11. The van der Waals surface area contributed by atoms with Crippen molar-refractivity contribution in [3.05, 3.63) is 41.5 Å². The van der Waals surface area contributed by atoms with Crippen LogP contribution in [-0.2, 0) is 6.42 Å². The molecule has 0 aliphatic carbocycles. The molecule has 12 heavy (non-hydrogen) atoms. The standard InChI is InChI=1S/C11H14S/c1-2-10-5-3-6-11(9-10)7-4-8-12/h3-7,9,12H,2,8H2,1H3. The van der Waals surface area contributed by atoms with Crippen LogP contribution in [0.3, 0.4) is 0 Å². The Morgan fingerprint density at radius 3 is 2.92 bits per heavy atom. The fraction of sp³-hybridized carbons (Fsp3) is 0.273. The van der Waals surface area contributed by atoms with Gasteiger partial charge in [0.25, 0.3) is 0 Å². The molecule has 0 aliphatic heterocycles. The summed E-state index contributed by atoms with van der Waals surface area (Å²) < 4.78 is 0. The molecule has 0 aliphatic rings. The number of benzene rings is 1. The van der Waals surface area contributed by atoms with Gasteiger partial charge in [-0.2, -0.15) is 12.6 Å². The van der Waals surface area contributed by atoms with Crippen LogP contribution in [0.15, 0.2) is 30.3 Å². The highest BCUT2D eigenvalue weighted by molar-refractivity contribution is 7.80. The quantitative estimate of drug-likeness (QED) is 0.675. The van der Waals surface area contributed by atoms with Gasteiger partial charge in [0, 0.05) is 5.75 Å². The average Bonchev–Trinajstić information content (AvgIpc) is 2.15. The maximum atomic E-state index is 4.11. The van der Waals surface area contributed by atoms with Crippen molar-refractivity contribution >= 4 is 18.7 Å². The van der Waals surface area contributed by atoms with Gasteiger partial charge in [-0.05, 0) is 17.5 Å². The lowest BCUT2D eigenvalue weighted by atomic mass is 10.1. The van der Waals surface area contributed by atoms with Gasteiger partial charge in [0.05, 0.1) is 0 Å². The second-order valence-electron chi connectivity index (χ2n) is 2.68. The highest BCUT2D eigenvalue weighted by atomic mass is 32.1. The molecule has 1 aromatic rings. The van der Waals surface area contributed by atoms with E-state index >= 15 is 0 Å². The second kappa shape index (κ2) is 5.04. The molecule has 0 saturated heterocycles. The van der Waals surface area contributed by atoms with Gasteiger partial charge < -0.3 is 0 Å². The molecular weight excluding hydrogens is 164 g/mol. The predicted molar refractivity (Wildman–Crippen MR) is 58.7 cm³/mol. The predicted octanol–water partition coefficient (Wildman–Crippen LogP) is 3.19. The third-order valence-corrected chi connectivity index (χ3v) is 1.99. The van der Waals surface area contributed by atoms with Crippen molar-refractivity contribution in [2.24, 2.45) is 0 Å². The van der Waals surface area contributed by atoms with E-state index in [0.717, 1.165) is 12.2 Å². The number of hydrogen-bond acceptors (Lipinski definition) is 1. The average molecular weight is 178 g/mol. The minimum Gasteiger partial charge on any atom is -0.175 e. The summed E-state index contributed by atoms with van der Waals surface area (Å²) in [6.45, 7) is 2.17. The molecule has 0 radical (unpaired) electrons. The topological polar surface area (TPSA) is 0 Å². The summed E-state index contributed by atoms with van der Waals surface area (Å²) >= 11 is 4.11. The Kier molecular flexibility index (Phi) is 3.95. The van der Waals surface area contributed by atoms with Crippen molar-refractivity contribution in [1.82, 2.24) is 0 Å². The molecule has 0 N–H and O–H groups in total. The van der Waals surface area contributed by atoms with Crippen molar-refractivity contribution in [1.29, 1.82) is 0 Å². The van der Waals surface area contributed by atoms with E-state index in [2.05, 4.69) is 56.0 Å². The van der Waals surface area contributed by atoms with Crippen LogP contribution in [-0.4, -0.2) is 5.75 Å². The van der Waals surface area contributed by atoms with Crippen LogP contribution in [0.1, 0.15) is 18.1 Å². The van der Waals surface area contributed by atoms with Crippen LogP contribution < -0.4 is 0 Å². The largest absolute Gasteiger partial charge is 0.175 e. The van der Waals surface area contributed by atoms with E-state index in [9.17, 15) is 0 Å². The molecule has 64 valence electrons. The Hall–Kier alpha value is -0.690. The molecule has 0 atom stereocenters. The third-order valence-electron chi connectivity index (χ3n) is 1.77. The van der Waals surface area contributed by atoms with Gasteiger partial charge in [-0.15, -0.1) is 0 Å². The zero-order chi connectivity index (χ0) is 8.81. The summed E-state index contributed by atoms with van der Waals surface area (Å²) in [5, 5.41) is 0. The van der Waals surface area contributed by atoms with Gasteiger partial charge in [-0.1, -0.05) is 43.3 Å². The first kappa shape index (κ1) is 9.40. The number of rotatable bonds is 3. The molecule has 0 spiro atoms. The fourth-order valence-corrected chi connectivity index (χ4v) is 1.21. The van der Waals surface area contributed by atoms with E-state index < -0.39 is 0 Å². The summed E-state index contributed by atoms with van der Waals surface area (Å²) in [5.74, 6) is 0.802. The van der Waals surface area contributed by atoms with Crippen molar-refractivity contribution < 1.29 is 0 Å². The molecule has 0 heterocycles. The van der Waals surface area contributed by atoms with E-state index in [0.29, 0.717) is 0 Å². The van der Waals surface area contributed by atoms with Gasteiger partial charge in [-0.3, -0.25) is 0 Å². The van der Waals surface area contributed by atoms with Crippen LogP contribution in [0.4, 0.5) is 0 Å². The Labute approximate surface area is 79.7 Å². The Balaban J connectivity index is 2.79. The van der Waals surface area contributed by atoms with Gasteiger partial charge in [0.15, 0.2) is 0 Å². The molecular formula is C11H14S. The smallest absolute Gasteiger partial charge is 0.00858 e. The normalized spacial score (nSPS) is 10.8.